The SMILES string of the molecule is COc1cc(C(=O)N2Cc3ccc(C(=O)N(C)C4CCN(C)C4)n3Cc3ccccc32)ccc1-c1ccccc1. The molecule has 4 aromatic rings. The Kier molecular flexibility index (Phi) is 6.90. The lowest BCUT2D eigenvalue weighted by Crippen LogP contribution is -2.39. The minimum Gasteiger partial charge on any atom is -0.496 e. The zero-order valence-corrected chi connectivity index (χ0v) is 23.2. The highest BCUT2D eigenvalue weighted by Gasteiger charge is 2.31. The molecule has 2 aliphatic heterocycles. The molecule has 2 amide bonds. The molecule has 6 rings (SSSR count). The minimum absolute atomic E-state index is 0.0186. The van der Waals surface area contributed by atoms with Crippen molar-refractivity contribution in [2.75, 3.05) is 39.2 Å². The average Bonchev–Trinajstić information content (AvgIpc) is 3.56. The predicted octanol–water partition coefficient (Wildman–Crippen LogP) is 5.15. The number of ether oxygens (including phenoxy) is 1. The molecule has 0 radical (unpaired) electrons. The molecular formula is C33H34N4O3. The third-order valence-corrected chi connectivity index (χ3v) is 8.23. The second-order valence-corrected chi connectivity index (χ2v) is 10.7. The Morgan fingerprint density at radius 2 is 1.70 bits per heavy atom. The van der Waals surface area contributed by atoms with Gasteiger partial charge in [0.1, 0.15) is 11.4 Å². The van der Waals surface area contributed by atoms with E-state index in [0.717, 1.165) is 47.6 Å². The van der Waals surface area contributed by atoms with Crippen LogP contribution in [0.4, 0.5) is 5.69 Å². The normalized spacial score (nSPS) is 16.7. The van der Waals surface area contributed by atoms with Crippen molar-refractivity contribution < 1.29 is 14.3 Å². The van der Waals surface area contributed by atoms with Gasteiger partial charge in [-0.25, -0.2) is 0 Å². The summed E-state index contributed by atoms with van der Waals surface area (Å²) < 4.78 is 7.78. The first kappa shape index (κ1) is 25.9. The molecule has 1 unspecified atom stereocenters. The maximum atomic E-state index is 14.1. The van der Waals surface area contributed by atoms with Gasteiger partial charge in [-0.15, -0.1) is 0 Å². The number of benzene rings is 3. The van der Waals surface area contributed by atoms with Crippen LogP contribution < -0.4 is 9.64 Å². The van der Waals surface area contributed by atoms with Crippen LogP contribution in [0, 0.1) is 0 Å². The zero-order valence-electron chi connectivity index (χ0n) is 23.2. The third-order valence-electron chi connectivity index (χ3n) is 8.23. The van der Waals surface area contributed by atoms with Crippen molar-refractivity contribution in [1.82, 2.24) is 14.4 Å². The minimum atomic E-state index is -0.112. The van der Waals surface area contributed by atoms with Crippen molar-refractivity contribution in [2.24, 2.45) is 0 Å². The summed E-state index contributed by atoms with van der Waals surface area (Å²) in [5, 5.41) is 0. The van der Waals surface area contributed by atoms with Gasteiger partial charge in [-0.3, -0.25) is 9.59 Å². The van der Waals surface area contributed by atoms with E-state index < -0.39 is 0 Å². The number of likely N-dealkylation sites (N-methyl/N-ethyl adjacent to an activating group) is 2. The van der Waals surface area contributed by atoms with E-state index in [-0.39, 0.29) is 17.9 Å². The number of rotatable bonds is 5. The molecule has 1 atom stereocenters. The summed E-state index contributed by atoms with van der Waals surface area (Å²) in [6.45, 7) is 2.77. The van der Waals surface area contributed by atoms with Crippen LogP contribution in [0.25, 0.3) is 11.1 Å². The van der Waals surface area contributed by atoms with Crippen LogP contribution in [0.15, 0.2) is 84.9 Å². The number of hydrogen-bond acceptors (Lipinski definition) is 4. The number of aromatic nitrogens is 1. The Morgan fingerprint density at radius 3 is 2.45 bits per heavy atom. The highest BCUT2D eigenvalue weighted by atomic mass is 16.5. The maximum absolute atomic E-state index is 14.1. The third kappa shape index (κ3) is 4.67. The van der Waals surface area contributed by atoms with Gasteiger partial charge in [0, 0.05) is 42.1 Å². The summed E-state index contributed by atoms with van der Waals surface area (Å²) >= 11 is 0. The van der Waals surface area contributed by atoms with Gasteiger partial charge in [-0.2, -0.15) is 0 Å². The fraction of sp³-hybridized carbons (Fsp3) is 0.273. The van der Waals surface area contributed by atoms with E-state index in [0.29, 0.717) is 30.1 Å². The van der Waals surface area contributed by atoms with Crippen molar-refractivity contribution in [3.05, 3.63) is 107 Å². The molecule has 0 saturated carbocycles. The summed E-state index contributed by atoms with van der Waals surface area (Å²) in [6, 6.07) is 27.7. The Labute approximate surface area is 235 Å². The molecule has 40 heavy (non-hydrogen) atoms. The molecule has 1 aromatic heterocycles. The molecule has 7 heteroatoms. The number of likely N-dealkylation sites (tertiary alicyclic amines) is 1. The standard InChI is InChI=1S/C33H34N4O3/c1-34-18-17-26(21-34)35(2)33(39)30-16-14-27-22-37(29-12-8-7-11-25(29)20-36(27)30)32(38)24-13-15-28(31(19-24)40-3)23-9-5-4-6-10-23/h4-16,19,26H,17-18,20-22H2,1-3H3. The van der Waals surface area contributed by atoms with E-state index in [1.165, 1.54) is 0 Å². The van der Waals surface area contributed by atoms with Gasteiger partial charge < -0.3 is 24.0 Å². The monoisotopic (exact) mass is 534 g/mol. The smallest absolute Gasteiger partial charge is 0.270 e. The number of amides is 2. The number of nitrogens with zero attached hydrogens (tertiary/aromatic N) is 4. The maximum Gasteiger partial charge on any atom is 0.270 e. The van der Waals surface area contributed by atoms with Crippen LogP contribution >= 0.6 is 0 Å². The van der Waals surface area contributed by atoms with Crippen molar-refractivity contribution in [2.45, 2.75) is 25.6 Å². The topological polar surface area (TPSA) is 58.0 Å². The summed E-state index contributed by atoms with van der Waals surface area (Å²) in [4.78, 5) is 33.7. The fourth-order valence-corrected chi connectivity index (χ4v) is 5.94. The van der Waals surface area contributed by atoms with Gasteiger partial charge in [0.25, 0.3) is 11.8 Å². The number of methoxy groups -OCH3 is 1. The number of carbonyl (C=O) groups excluding carboxylic acids is 2. The highest BCUT2D eigenvalue weighted by Crippen LogP contribution is 2.34. The number of hydrogen-bond donors (Lipinski definition) is 0. The summed E-state index contributed by atoms with van der Waals surface area (Å²) in [7, 11) is 5.62. The molecule has 1 saturated heterocycles. The molecular weight excluding hydrogens is 500 g/mol. The van der Waals surface area contributed by atoms with Crippen LogP contribution in [0.3, 0.4) is 0 Å². The Bertz CT molecular complexity index is 1560. The van der Waals surface area contributed by atoms with Crippen LogP contribution in [0.5, 0.6) is 5.75 Å². The zero-order chi connectivity index (χ0) is 27.8. The molecule has 1 fully saturated rings. The largest absolute Gasteiger partial charge is 0.496 e. The second-order valence-electron chi connectivity index (χ2n) is 10.7. The van der Waals surface area contributed by atoms with E-state index in [4.69, 9.17) is 4.74 Å². The van der Waals surface area contributed by atoms with Crippen LogP contribution in [-0.4, -0.2) is 66.5 Å². The van der Waals surface area contributed by atoms with E-state index in [1.807, 2.05) is 102 Å². The summed E-state index contributed by atoms with van der Waals surface area (Å²) in [5.74, 6) is 0.557. The number of anilines is 1. The van der Waals surface area contributed by atoms with Crippen LogP contribution in [-0.2, 0) is 13.1 Å². The van der Waals surface area contributed by atoms with E-state index in [2.05, 4.69) is 16.5 Å². The molecule has 204 valence electrons. The average molecular weight is 535 g/mol. The van der Waals surface area contributed by atoms with Gasteiger partial charge in [0.15, 0.2) is 0 Å². The summed E-state index contributed by atoms with van der Waals surface area (Å²) in [6.07, 6.45) is 0.976. The van der Waals surface area contributed by atoms with Crippen LogP contribution in [0.1, 0.15) is 38.5 Å². The molecule has 2 aliphatic rings. The number of fused-ring (bicyclic) bond motifs is 2. The first-order valence-corrected chi connectivity index (χ1v) is 13.7. The van der Waals surface area contributed by atoms with E-state index in [9.17, 15) is 9.59 Å². The second kappa shape index (κ2) is 10.7. The van der Waals surface area contributed by atoms with Gasteiger partial charge >= 0.3 is 0 Å². The van der Waals surface area contributed by atoms with Crippen LogP contribution in [0.2, 0.25) is 0 Å². The molecule has 0 spiro atoms. The van der Waals surface area contributed by atoms with Gasteiger partial charge in [-0.05, 0) is 67.5 Å². The Morgan fingerprint density at radius 1 is 0.925 bits per heavy atom. The summed E-state index contributed by atoms with van der Waals surface area (Å²) in [5.41, 5.74) is 5.95. The molecule has 7 nitrogen and oxygen atoms in total. The highest BCUT2D eigenvalue weighted by molar-refractivity contribution is 6.07. The van der Waals surface area contributed by atoms with Gasteiger partial charge in [-0.1, -0.05) is 48.5 Å². The fourth-order valence-electron chi connectivity index (χ4n) is 5.94. The first-order chi connectivity index (χ1) is 19.4. The van der Waals surface area contributed by atoms with Gasteiger partial charge in [0.05, 0.1) is 20.2 Å². The van der Waals surface area contributed by atoms with Gasteiger partial charge in [0.2, 0.25) is 0 Å². The lowest BCUT2D eigenvalue weighted by molar-refractivity contribution is 0.0726. The van der Waals surface area contributed by atoms with Crippen molar-refractivity contribution in [3.8, 4) is 16.9 Å². The van der Waals surface area contributed by atoms with Crippen molar-refractivity contribution in [3.63, 3.8) is 0 Å². The Hall–Kier alpha value is -4.36. The lowest BCUT2D eigenvalue weighted by atomic mass is 10.0. The molecule has 3 heterocycles. The predicted molar refractivity (Wildman–Crippen MR) is 157 cm³/mol. The molecule has 0 aliphatic carbocycles. The molecule has 0 N–H and O–H groups in total. The van der Waals surface area contributed by atoms with Crippen molar-refractivity contribution >= 4 is 17.5 Å². The number of carbonyl (C=O) groups is 2. The quantitative estimate of drug-likeness (QED) is 0.356. The lowest BCUT2D eigenvalue weighted by Gasteiger charge is -2.25. The first-order valence-electron chi connectivity index (χ1n) is 13.7. The molecule has 3 aromatic carbocycles. The van der Waals surface area contributed by atoms with Crippen molar-refractivity contribution in [1.29, 1.82) is 0 Å². The van der Waals surface area contributed by atoms with E-state index >= 15 is 0 Å². The Balaban J connectivity index is 1.34. The molecule has 0 bridgehead atoms. The van der Waals surface area contributed by atoms with E-state index in [1.54, 1.807) is 7.11 Å². The number of para-hydroxylation sites is 1.